The van der Waals surface area contributed by atoms with Crippen molar-refractivity contribution in [3.05, 3.63) is 54.1 Å². The average Bonchev–Trinajstić information content (AvgIpc) is 2.48. The highest BCUT2D eigenvalue weighted by Crippen LogP contribution is 2.29. The highest BCUT2D eigenvalue weighted by atomic mass is 32.2. The lowest BCUT2D eigenvalue weighted by molar-refractivity contribution is -0.117. The van der Waals surface area contributed by atoms with Gasteiger partial charge in [-0.25, -0.2) is 0 Å². The van der Waals surface area contributed by atoms with Gasteiger partial charge in [0.1, 0.15) is 0 Å². The molecule has 0 aliphatic carbocycles. The van der Waals surface area contributed by atoms with Gasteiger partial charge in [0.15, 0.2) is 0 Å². The first-order chi connectivity index (χ1) is 10.1. The Morgan fingerprint density at radius 1 is 1.19 bits per heavy atom. The molecule has 0 fully saturated rings. The fourth-order valence-electron chi connectivity index (χ4n) is 1.82. The SMILES string of the molecule is CCc1ccc(Sc2cccc(NC(=O)C(C)N)c2)cc1. The minimum atomic E-state index is -0.511. The molecule has 0 saturated heterocycles. The third-order valence-electron chi connectivity index (χ3n) is 3.08. The Labute approximate surface area is 129 Å². The highest BCUT2D eigenvalue weighted by Gasteiger charge is 2.07. The molecule has 3 nitrogen and oxygen atoms in total. The number of hydrogen-bond acceptors (Lipinski definition) is 3. The summed E-state index contributed by atoms with van der Waals surface area (Å²) in [5.41, 5.74) is 7.66. The van der Waals surface area contributed by atoms with Gasteiger partial charge in [-0.1, -0.05) is 36.9 Å². The summed E-state index contributed by atoms with van der Waals surface area (Å²) in [6.45, 7) is 3.82. The fourth-order valence-corrected chi connectivity index (χ4v) is 2.70. The third-order valence-corrected chi connectivity index (χ3v) is 4.08. The number of amides is 1. The van der Waals surface area contributed by atoms with Gasteiger partial charge in [-0.3, -0.25) is 4.79 Å². The van der Waals surface area contributed by atoms with Crippen LogP contribution in [0.15, 0.2) is 58.3 Å². The van der Waals surface area contributed by atoms with Gasteiger partial charge in [-0.2, -0.15) is 0 Å². The molecule has 0 spiro atoms. The summed E-state index contributed by atoms with van der Waals surface area (Å²) in [6.07, 6.45) is 1.05. The number of carbonyl (C=O) groups excluding carboxylic acids is 1. The first kappa shape index (κ1) is 15.6. The topological polar surface area (TPSA) is 55.1 Å². The summed E-state index contributed by atoms with van der Waals surface area (Å²) < 4.78 is 0. The molecule has 2 aromatic carbocycles. The number of nitrogens with two attached hydrogens (primary N) is 1. The van der Waals surface area contributed by atoms with Crippen molar-refractivity contribution >= 4 is 23.4 Å². The number of nitrogens with one attached hydrogen (secondary N) is 1. The van der Waals surface area contributed by atoms with Crippen LogP contribution in [-0.4, -0.2) is 11.9 Å². The molecule has 110 valence electrons. The van der Waals surface area contributed by atoms with Crippen LogP contribution in [0.4, 0.5) is 5.69 Å². The standard InChI is InChI=1S/C17H20N2OS/c1-3-13-7-9-15(10-8-13)21-16-6-4-5-14(11-16)19-17(20)12(2)18/h4-12H,3,18H2,1-2H3,(H,19,20). The molecule has 1 amide bonds. The zero-order valence-corrected chi connectivity index (χ0v) is 13.1. The molecule has 0 heterocycles. The number of rotatable bonds is 5. The van der Waals surface area contributed by atoms with Gasteiger partial charge in [-0.15, -0.1) is 0 Å². The summed E-state index contributed by atoms with van der Waals surface area (Å²) in [5, 5.41) is 2.81. The number of carbonyl (C=O) groups is 1. The molecule has 0 aliphatic rings. The lowest BCUT2D eigenvalue weighted by Gasteiger charge is -2.09. The Balaban J connectivity index is 2.08. The van der Waals surface area contributed by atoms with Gasteiger partial charge in [-0.05, 0) is 49.2 Å². The fraction of sp³-hybridized carbons (Fsp3) is 0.235. The maximum atomic E-state index is 11.6. The average molecular weight is 300 g/mol. The van der Waals surface area contributed by atoms with Gasteiger partial charge < -0.3 is 11.1 Å². The van der Waals surface area contributed by atoms with Crippen LogP contribution in [0, 0.1) is 0 Å². The zero-order valence-electron chi connectivity index (χ0n) is 12.3. The van der Waals surface area contributed by atoms with Crippen molar-refractivity contribution in [2.75, 3.05) is 5.32 Å². The van der Waals surface area contributed by atoms with E-state index in [9.17, 15) is 4.79 Å². The van der Waals surface area contributed by atoms with Crippen LogP contribution >= 0.6 is 11.8 Å². The molecular weight excluding hydrogens is 280 g/mol. The van der Waals surface area contributed by atoms with Crippen LogP contribution in [0.1, 0.15) is 19.4 Å². The van der Waals surface area contributed by atoms with Crippen LogP contribution in [0.3, 0.4) is 0 Å². The molecule has 0 aromatic heterocycles. The molecule has 0 saturated carbocycles. The van der Waals surface area contributed by atoms with Crippen molar-refractivity contribution < 1.29 is 4.79 Å². The van der Waals surface area contributed by atoms with Crippen LogP contribution in [0.25, 0.3) is 0 Å². The second-order valence-corrected chi connectivity index (χ2v) is 6.05. The minimum Gasteiger partial charge on any atom is -0.325 e. The molecule has 1 unspecified atom stereocenters. The van der Waals surface area contributed by atoms with Crippen LogP contribution in [0.2, 0.25) is 0 Å². The van der Waals surface area contributed by atoms with Crippen molar-refractivity contribution in [2.45, 2.75) is 36.1 Å². The maximum absolute atomic E-state index is 11.6. The Hall–Kier alpha value is -1.78. The maximum Gasteiger partial charge on any atom is 0.240 e. The van der Waals surface area contributed by atoms with Gasteiger partial charge in [0, 0.05) is 15.5 Å². The Kier molecular flexibility index (Phi) is 5.42. The molecule has 2 rings (SSSR count). The third kappa shape index (κ3) is 4.62. The van der Waals surface area contributed by atoms with E-state index in [2.05, 4.69) is 36.5 Å². The summed E-state index contributed by atoms with van der Waals surface area (Å²) in [4.78, 5) is 13.9. The predicted octanol–water partition coefficient (Wildman–Crippen LogP) is 3.69. The highest BCUT2D eigenvalue weighted by molar-refractivity contribution is 7.99. The lowest BCUT2D eigenvalue weighted by atomic mass is 10.2. The van der Waals surface area contributed by atoms with Gasteiger partial charge in [0.05, 0.1) is 6.04 Å². The van der Waals surface area contributed by atoms with E-state index < -0.39 is 6.04 Å². The number of hydrogen-bond donors (Lipinski definition) is 2. The largest absolute Gasteiger partial charge is 0.325 e. The van der Waals surface area contributed by atoms with Crippen molar-refractivity contribution in [2.24, 2.45) is 5.73 Å². The van der Waals surface area contributed by atoms with Crippen molar-refractivity contribution in [3.8, 4) is 0 Å². The quantitative estimate of drug-likeness (QED) is 0.885. The number of benzene rings is 2. The smallest absolute Gasteiger partial charge is 0.240 e. The molecule has 21 heavy (non-hydrogen) atoms. The summed E-state index contributed by atoms with van der Waals surface area (Å²) in [7, 11) is 0. The number of aryl methyl sites for hydroxylation is 1. The second kappa shape index (κ2) is 7.29. The van der Waals surface area contributed by atoms with Crippen LogP contribution in [0.5, 0.6) is 0 Å². The van der Waals surface area contributed by atoms with E-state index in [1.807, 2.05) is 24.3 Å². The van der Waals surface area contributed by atoms with E-state index in [-0.39, 0.29) is 5.91 Å². The molecule has 3 N–H and O–H groups in total. The second-order valence-electron chi connectivity index (χ2n) is 4.91. The van der Waals surface area contributed by atoms with E-state index in [1.54, 1.807) is 18.7 Å². The van der Waals surface area contributed by atoms with Crippen molar-refractivity contribution in [1.82, 2.24) is 0 Å². The first-order valence-corrected chi connectivity index (χ1v) is 7.83. The molecule has 1 atom stereocenters. The monoisotopic (exact) mass is 300 g/mol. The van der Waals surface area contributed by atoms with Gasteiger partial charge in [0.25, 0.3) is 0 Å². The Morgan fingerprint density at radius 3 is 2.52 bits per heavy atom. The molecule has 4 heteroatoms. The normalized spacial score (nSPS) is 12.0. The van der Waals surface area contributed by atoms with E-state index in [0.717, 1.165) is 17.0 Å². The zero-order chi connectivity index (χ0) is 15.2. The van der Waals surface area contributed by atoms with E-state index in [4.69, 9.17) is 5.73 Å². The molecular formula is C17H20N2OS. The van der Waals surface area contributed by atoms with E-state index in [0.29, 0.717) is 0 Å². The summed E-state index contributed by atoms with van der Waals surface area (Å²) >= 11 is 1.67. The first-order valence-electron chi connectivity index (χ1n) is 7.02. The summed E-state index contributed by atoms with van der Waals surface area (Å²) in [5.74, 6) is -0.176. The van der Waals surface area contributed by atoms with Gasteiger partial charge in [0.2, 0.25) is 5.91 Å². The van der Waals surface area contributed by atoms with E-state index in [1.165, 1.54) is 10.5 Å². The Morgan fingerprint density at radius 2 is 1.90 bits per heavy atom. The minimum absolute atomic E-state index is 0.176. The van der Waals surface area contributed by atoms with Crippen LogP contribution in [-0.2, 0) is 11.2 Å². The number of anilines is 1. The molecule has 0 radical (unpaired) electrons. The summed E-state index contributed by atoms with van der Waals surface area (Å²) in [6, 6.07) is 15.8. The Bertz CT molecular complexity index is 608. The van der Waals surface area contributed by atoms with Crippen LogP contribution < -0.4 is 11.1 Å². The predicted molar refractivity (Wildman–Crippen MR) is 88.7 cm³/mol. The van der Waals surface area contributed by atoms with Gasteiger partial charge >= 0.3 is 0 Å². The van der Waals surface area contributed by atoms with Crippen molar-refractivity contribution in [1.29, 1.82) is 0 Å². The van der Waals surface area contributed by atoms with E-state index >= 15 is 0 Å². The van der Waals surface area contributed by atoms with Crippen molar-refractivity contribution in [3.63, 3.8) is 0 Å². The molecule has 2 aromatic rings. The lowest BCUT2D eigenvalue weighted by Crippen LogP contribution is -2.32. The molecule has 0 bridgehead atoms. The molecule has 0 aliphatic heterocycles.